The van der Waals surface area contributed by atoms with Crippen molar-refractivity contribution in [1.82, 2.24) is 4.90 Å². The van der Waals surface area contributed by atoms with Crippen molar-refractivity contribution in [2.24, 2.45) is 0 Å². The molecule has 20 heavy (non-hydrogen) atoms. The van der Waals surface area contributed by atoms with Gasteiger partial charge in [0, 0.05) is 11.4 Å². The summed E-state index contributed by atoms with van der Waals surface area (Å²) in [5.41, 5.74) is 2.47. The Morgan fingerprint density at radius 2 is 2.30 bits per heavy atom. The molecule has 2 aromatic heterocycles. The first-order valence-electron chi connectivity index (χ1n) is 6.73. The molecule has 0 aliphatic carbocycles. The Kier molecular flexibility index (Phi) is 3.92. The van der Waals surface area contributed by atoms with Crippen LogP contribution in [0.1, 0.15) is 34.9 Å². The molecule has 106 valence electrons. The van der Waals surface area contributed by atoms with Gasteiger partial charge in [0.25, 0.3) is 0 Å². The predicted molar refractivity (Wildman–Crippen MR) is 82.6 cm³/mol. The average molecular weight is 307 g/mol. The molecule has 1 aliphatic heterocycles. The van der Waals surface area contributed by atoms with Crippen LogP contribution >= 0.6 is 22.7 Å². The third-order valence-corrected chi connectivity index (χ3v) is 5.69. The van der Waals surface area contributed by atoms with Crippen LogP contribution in [0.2, 0.25) is 0 Å². The minimum atomic E-state index is -0.697. The summed E-state index contributed by atoms with van der Waals surface area (Å²) in [6, 6.07) is 3.96. The van der Waals surface area contributed by atoms with Crippen molar-refractivity contribution in [2.45, 2.75) is 31.8 Å². The Hall–Kier alpha value is -1.17. The lowest BCUT2D eigenvalue weighted by molar-refractivity contribution is -0.142. The lowest BCUT2D eigenvalue weighted by Gasteiger charge is -2.30. The molecule has 2 aromatic rings. The summed E-state index contributed by atoms with van der Waals surface area (Å²) in [5, 5.41) is 15.8. The molecule has 1 fully saturated rings. The quantitative estimate of drug-likeness (QED) is 0.935. The summed E-state index contributed by atoms with van der Waals surface area (Å²) in [7, 11) is 0. The van der Waals surface area contributed by atoms with E-state index in [2.05, 4.69) is 40.1 Å². The molecule has 1 saturated heterocycles. The maximum Gasteiger partial charge on any atom is 0.320 e. The molecule has 3 rings (SSSR count). The Bertz CT molecular complexity index is 591. The van der Waals surface area contributed by atoms with E-state index in [9.17, 15) is 9.90 Å². The largest absolute Gasteiger partial charge is 0.480 e. The maximum atomic E-state index is 11.5. The molecular formula is C15H17NO2S2. The third-order valence-electron chi connectivity index (χ3n) is 3.92. The number of thiophene rings is 2. The number of carboxylic acids is 1. The molecule has 3 heterocycles. The molecule has 5 heteroatoms. The first-order chi connectivity index (χ1) is 9.68. The van der Waals surface area contributed by atoms with Gasteiger partial charge in [0.1, 0.15) is 6.04 Å². The van der Waals surface area contributed by atoms with E-state index >= 15 is 0 Å². The van der Waals surface area contributed by atoms with Crippen LogP contribution in [0, 0.1) is 6.92 Å². The van der Waals surface area contributed by atoms with Crippen molar-refractivity contribution in [3.05, 3.63) is 44.3 Å². The van der Waals surface area contributed by atoms with Crippen molar-refractivity contribution in [1.29, 1.82) is 0 Å². The molecule has 3 nitrogen and oxygen atoms in total. The third kappa shape index (κ3) is 2.41. The van der Waals surface area contributed by atoms with E-state index < -0.39 is 5.97 Å². The second kappa shape index (κ2) is 5.68. The Labute approximate surface area is 126 Å². The highest BCUT2D eigenvalue weighted by Crippen LogP contribution is 2.39. The number of rotatable bonds is 4. The molecule has 1 N–H and O–H groups in total. The van der Waals surface area contributed by atoms with Crippen LogP contribution in [0.4, 0.5) is 0 Å². The number of hydrogen-bond acceptors (Lipinski definition) is 4. The van der Waals surface area contributed by atoms with Crippen molar-refractivity contribution in [3.8, 4) is 0 Å². The van der Waals surface area contributed by atoms with E-state index in [1.54, 1.807) is 22.7 Å². The van der Waals surface area contributed by atoms with Crippen LogP contribution < -0.4 is 0 Å². The molecule has 1 aliphatic rings. The molecule has 2 unspecified atom stereocenters. The summed E-state index contributed by atoms with van der Waals surface area (Å²) in [5.74, 6) is -0.697. The highest BCUT2D eigenvalue weighted by Gasteiger charge is 2.37. The summed E-state index contributed by atoms with van der Waals surface area (Å²) in [6.45, 7) is 2.96. The van der Waals surface area contributed by atoms with Gasteiger partial charge in [-0.15, -0.1) is 11.3 Å². The Morgan fingerprint density at radius 1 is 1.45 bits per heavy atom. The van der Waals surface area contributed by atoms with E-state index in [0.29, 0.717) is 0 Å². The number of carboxylic acid groups (broad SMARTS) is 1. The fourth-order valence-electron chi connectivity index (χ4n) is 2.95. The first kappa shape index (κ1) is 13.8. The maximum absolute atomic E-state index is 11.5. The molecule has 0 amide bonds. The summed E-state index contributed by atoms with van der Waals surface area (Å²) in [4.78, 5) is 14.9. The molecule has 0 aromatic carbocycles. The van der Waals surface area contributed by atoms with Crippen molar-refractivity contribution in [2.75, 3.05) is 6.54 Å². The van der Waals surface area contributed by atoms with Gasteiger partial charge in [0.05, 0.1) is 6.04 Å². The monoisotopic (exact) mass is 307 g/mol. The van der Waals surface area contributed by atoms with Crippen LogP contribution in [0.15, 0.2) is 28.3 Å². The van der Waals surface area contributed by atoms with Gasteiger partial charge in [0.15, 0.2) is 0 Å². The molecular weight excluding hydrogens is 290 g/mol. The zero-order valence-corrected chi connectivity index (χ0v) is 12.9. The van der Waals surface area contributed by atoms with Crippen molar-refractivity contribution < 1.29 is 9.90 Å². The Morgan fingerprint density at radius 3 is 2.90 bits per heavy atom. The molecule has 0 spiro atoms. The van der Waals surface area contributed by atoms with Gasteiger partial charge in [0.2, 0.25) is 0 Å². The van der Waals surface area contributed by atoms with Gasteiger partial charge >= 0.3 is 5.97 Å². The second-order valence-corrected chi connectivity index (χ2v) is 6.89. The number of aliphatic carboxylic acids is 1. The number of likely N-dealkylation sites (tertiary alicyclic amines) is 1. The van der Waals surface area contributed by atoms with Gasteiger partial charge in [-0.1, -0.05) is 0 Å². The fourth-order valence-corrected chi connectivity index (χ4v) is 4.70. The second-order valence-electron chi connectivity index (χ2n) is 5.16. The molecule has 2 atom stereocenters. The molecule has 0 radical (unpaired) electrons. The highest BCUT2D eigenvalue weighted by atomic mass is 32.1. The molecule has 0 bridgehead atoms. The SMILES string of the molecule is Cc1ccsc1C(c1ccsc1)N1CCCC1C(=O)O. The Balaban J connectivity index is 2.02. The number of aryl methyl sites for hydroxylation is 1. The number of hydrogen-bond donors (Lipinski definition) is 1. The standard InChI is InChI=1S/C15H17NO2S2/c1-10-4-8-20-14(10)13(11-5-7-19-9-11)16-6-2-3-12(16)15(17)18/h4-5,7-9,12-13H,2-3,6H2,1H3,(H,17,18). The molecule has 0 saturated carbocycles. The normalized spacial score (nSPS) is 21.1. The average Bonchev–Trinajstić information content (AvgIpc) is 3.13. The topological polar surface area (TPSA) is 40.5 Å². The van der Waals surface area contributed by atoms with Gasteiger partial charge in [-0.2, -0.15) is 11.3 Å². The van der Waals surface area contributed by atoms with Crippen LogP contribution in [-0.4, -0.2) is 28.6 Å². The van der Waals surface area contributed by atoms with Gasteiger partial charge in [-0.05, 0) is 59.2 Å². The minimum absolute atomic E-state index is 0.0878. The first-order valence-corrected chi connectivity index (χ1v) is 8.55. The summed E-state index contributed by atoms with van der Waals surface area (Å²) < 4.78 is 0. The van der Waals surface area contributed by atoms with E-state index in [1.165, 1.54) is 16.0 Å². The zero-order valence-electron chi connectivity index (χ0n) is 11.3. The van der Waals surface area contributed by atoms with Crippen molar-refractivity contribution in [3.63, 3.8) is 0 Å². The van der Waals surface area contributed by atoms with E-state index in [0.717, 1.165) is 19.4 Å². The highest BCUT2D eigenvalue weighted by molar-refractivity contribution is 7.10. The van der Waals surface area contributed by atoms with Crippen LogP contribution in [0.3, 0.4) is 0 Å². The zero-order chi connectivity index (χ0) is 14.1. The van der Waals surface area contributed by atoms with Crippen LogP contribution in [0.5, 0.6) is 0 Å². The van der Waals surface area contributed by atoms with E-state index in [-0.39, 0.29) is 12.1 Å². The van der Waals surface area contributed by atoms with Gasteiger partial charge < -0.3 is 5.11 Å². The lowest BCUT2D eigenvalue weighted by Crippen LogP contribution is -2.39. The summed E-state index contributed by atoms with van der Waals surface area (Å²) >= 11 is 3.40. The predicted octanol–water partition coefficient (Wildman–Crippen LogP) is 3.76. The van der Waals surface area contributed by atoms with Crippen molar-refractivity contribution >= 4 is 28.6 Å². The lowest BCUT2D eigenvalue weighted by atomic mass is 10.0. The fraction of sp³-hybridized carbons (Fsp3) is 0.400. The van der Waals surface area contributed by atoms with Gasteiger partial charge in [-0.25, -0.2) is 0 Å². The van der Waals surface area contributed by atoms with E-state index in [4.69, 9.17) is 0 Å². The number of nitrogens with zero attached hydrogens (tertiary/aromatic N) is 1. The smallest absolute Gasteiger partial charge is 0.320 e. The summed E-state index contributed by atoms with van der Waals surface area (Å²) in [6.07, 6.45) is 1.71. The van der Waals surface area contributed by atoms with Crippen LogP contribution in [-0.2, 0) is 4.79 Å². The van der Waals surface area contributed by atoms with Crippen LogP contribution in [0.25, 0.3) is 0 Å². The van der Waals surface area contributed by atoms with Gasteiger partial charge in [-0.3, -0.25) is 9.69 Å². The van der Waals surface area contributed by atoms with E-state index in [1.807, 2.05) is 0 Å². The minimum Gasteiger partial charge on any atom is -0.480 e. The number of carbonyl (C=O) groups is 1.